The van der Waals surface area contributed by atoms with Crippen LogP contribution >= 0.6 is 11.6 Å². The first-order valence-corrected chi connectivity index (χ1v) is 12.0. The van der Waals surface area contributed by atoms with Gasteiger partial charge >= 0.3 is 0 Å². The van der Waals surface area contributed by atoms with Crippen LogP contribution in [0.3, 0.4) is 0 Å². The monoisotopic (exact) mass is 488 g/mol. The molecule has 174 valence electrons. The number of benzene rings is 2. The van der Waals surface area contributed by atoms with Gasteiger partial charge in [0, 0.05) is 25.5 Å². The Morgan fingerprint density at radius 3 is 2.67 bits per heavy atom. The summed E-state index contributed by atoms with van der Waals surface area (Å²) in [7, 11) is -2.46. The summed E-state index contributed by atoms with van der Waals surface area (Å²) in [5.74, 6) is 0.157. The Kier molecular flexibility index (Phi) is 8.13. The molecule has 0 saturated carbocycles. The number of nitrogens with zero attached hydrogens (tertiary/aromatic N) is 3. The number of aromatic nitrogens is 2. The van der Waals surface area contributed by atoms with E-state index in [1.54, 1.807) is 35.1 Å². The fraction of sp³-hybridized carbons (Fsp3) is 0.217. The maximum Gasteiger partial charge on any atom is 0.264 e. The number of sulfonamides is 1. The van der Waals surface area contributed by atoms with Crippen LogP contribution in [0.25, 0.3) is 0 Å². The lowest BCUT2D eigenvalue weighted by Gasteiger charge is -2.23. The van der Waals surface area contributed by atoms with E-state index in [1.807, 2.05) is 12.3 Å². The quantitative estimate of drug-likeness (QED) is 0.328. The molecule has 0 saturated heterocycles. The van der Waals surface area contributed by atoms with Crippen molar-refractivity contribution in [3.8, 4) is 5.75 Å². The molecule has 1 aromatic heterocycles. The van der Waals surface area contributed by atoms with E-state index < -0.39 is 15.9 Å². The molecule has 0 spiro atoms. The minimum absolute atomic E-state index is 0.0479. The average molecular weight is 489 g/mol. The highest BCUT2D eigenvalue weighted by atomic mass is 35.5. The lowest BCUT2D eigenvalue weighted by atomic mass is 10.2. The number of anilines is 1. The molecule has 2 aromatic carbocycles. The van der Waals surface area contributed by atoms with E-state index in [1.165, 1.54) is 35.7 Å². The third-order valence-electron chi connectivity index (χ3n) is 4.83. The molecule has 8 nitrogen and oxygen atoms in total. The third-order valence-corrected chi connectivity index (χ3v) is 6.95. The van der Waals surface area contributed by atoms with Gasteiger partial charge in [-0.2, -0.15) is 5.10 Å². The van der Waals surface area contributed by atoms with Crippen LogP contribution in [0.2, 0.25) is 5.02 Å². The lowest BCUT2D eigenvalue weighted by molar-refractivity contribution is 0.0952. The molecule has 3 aromatic rings. The van der Waals surface area contributed by atoms with Crippen LogP contribution < -0.4 is 14.4 Å². The van der Waals surface area contributed by atoms with Crippen LogP contribution in [0.4, 0.5) is 5.69 Å². The van der Waals surface area contributed by atoms with Crippen LogP contribution in [-0.4, -0.2) is 44.3 Å². The van der Waals surface area contributed by atoms with E-state index in [2.05, 4.69) is 17.0 Å². The molecule has 0 fully saturated rings. The average Bonchev–Trinajstić information content (AvgIpc) is 3.34. The Bertz CT molecular complexity index is 1200. The summed E-state index contributed by atoms with van der Waals surface area (Å²) in [6, 6.07) is 12.5. The second-order valence-electron chi connectivity index (χ2n) is 7.04. The van der Waals surface area contributed by atoms with Gasteiger partial charge in [-0.3, -0.25) is 13.8 Å². The Balaban J connectivity index is 1.79. The van der Waals surface area contributed by atoms with Crippen molar-refractivity contribution in [2.24, 2.45) is 0 Å². The van der Waals surface area contributed by atoms with Gasteiger partial charge in [0.1, 0.15) is 5.75 Å². The van der Waals surface area contributed by atoms with E-state index in [4.69, 9.17) is 16.3 Å². The minimum atomic E-state index is -3.99. The second-order valence-corrected chi connectivity index (χ2v) is 9.31. The molecule has 1 heterocycles. The van der Waals surface area contributed by atoms with Gasteiger partial charge in [-0.15, -0.1) is 6.58 Å². The van der Waals surface area contributed by atoms with Crippen molar-refractivity contribution >= 4 is 33.2 Å². The number of amides is 1. The van der Waals surface area contributed by atoms with Gasteiger partial charge in [-0.1, -0.05) is 17.7 Å². The van der Waals surface area contributed by atoms with Gasteiger partial charge in [-0.25, -0.2) is 8.42 Å². The predicted molar refractivity (Wildman–Crippen MR) is 128 cm³/mol. The highest BCUT2D eigenvalue weighted by Gasteiger charge is 2.26. The first-order valence-electron chi connectivity index (χ1n) is 10.2. The third kappa shape index (κ3) is 5.94. The van der Waals surface area contributed by atoms with Crippen molar-refractivity contribution in [1.82, 2.24) is 15.1 Å². The van der Waals surface area contributed by atoms with Gasteiger partial charge in [0.25, 0.3) is 15.9 Å². The van der Waals surface area contributed by atoms with Crippen molar-refractivity contribution in [3.63, 3.8) is 0 Å². The fourth-order valence-corrected chi connectivity index (χ4v) is 4.81. The van der Waals surface area contributed by atoms with Gasteiger partial charge in [-0.05, 0) is 55.0 Å². The van der Waals surface area contributed by atoms with Crippen molar-refractivity contribution in [2.45, 2.75) is 17.9 Å². The number of nitrogens with one attached hydrogen (secondary N) is 1. The van der Waals surface area contributed by atoms with E-state index in [0.29, 0.717) is 30.9 Å². The molecule has 33 heavy (non-hydrogen) atoms. The topological polar surface area (TPSA) is 93.5 Å². The standard InChI is InChI=1S/C23H25ClN4O4S/c1-3-14-28(18-6-8-19(32-2)9-7-18)33(30,31)20-10-11-22(24)21(17-20)23(29)25-12-4-15-27-16-5-13-26-27/h3,5-11,13,16-17H,1,4,12,14-15H2,2H3,(H,25,29). The van der Waals surface area contributed by atoms with Gasteiger partial charge in [0.15, 0.2) is 0 Å². The molecular weight excluding hydrogens is 464 g/mol. The maximum atomic E-state index is 13.4. The molecule has 0 aliphatic rings. The first kappa shape index (κ1) is 24.3. The summed E-state index contributed by atoms with van der Waals surface area (Å²) in [6.45, 7) is 4.75. The molecule has 1 amide bonds. The molecular formula is C23H25ClN4O4S. The van der Waals surface area contributed by atoms with Crippen LogP contribution in [0.5, 0.6) is 5.75 Å². The highest BCUT2D eigenvalue weighted by molar-refractivity contribution is 7.92. The molecule has 0 aliphatic carbocycles. The number of hydrogen-bond acceptors (Lipinski definition) is 5. The zero-order valence-corrected chi connectivity index (χ0v) is 19.7. The zero-order valence-electron chi connectivity index (χ0n) is 18.1. The van der Waals surface area contributed by atoms with Crippen molar-refractivity contribution < 1.29 is 17.9 Å². The number of rotatable bonds is 11. The maximum absolute atomic E-state index is 13.4. The molecule has 0 atom stereocenters. The Hall–Kier alpha value is -3.30. The van der Waals surface area contributed by atoms with Crippen molar-refractivity contribution in [3.05, 3.63) is 84.2 Å². The number of ether oxygens (including phenoxy) is 1. The molecule has 0 aliphatic heterocycles. The number of methoxy groups -OCH3 is 1. The van der Waals surface area contributed by atoms with Crippen molar-refractivity contribution in [2.75, 3.05) is 24.5 Å². The SMILES string of the molecule is C=CCN(c1ccc(OC)cc1)S(=O)(=O)c1ccc(Cl)c(C(=O)NCCCn2cccn2)c1. The van der Waals surface area contributed by atoms with Gasteiger partial charge < -0.3 is 10.1 Å². The number of halogens is 1. The van der Waals surface area contributed by atoms with Crippen molar-refractivity contribution in [1.29, 1.82) is 0 Å². The number of hydrogen-bond donors (Lipinski definition) is 1. The van der Waals surface area contributed by atoms with Gasteiger partial charge in [0.2, 0.25) is 0 Å². The van der Waals surface area contributed by atoms with Crippen LogP contribution in [0.1, 0.15) is 16.8 Å². The molecule has 0 radical (unpaired) electrons. The largest absolute Gasteiger partial charge is 0.497 e. The molecule has 3 rings (SSSR count). The summed E-state index contributed by atoms with van der Waals surface area (Å²) >= 11 is 6.21. The summed E-state index contributed by atoms with van der Waals surface area (Å²) in [6.07, 6.45) is 5.68. The second kappa shape index (κ2) is 11.0. The molecule has 1 N–H and O–H groups in total. The summed E-state index contributed by atoms with van der Waals surface area (Å²) in [5.41, 5.74) is 0.528. The van der Waals surface area contributed by atoms with E-state index in [9.17, 15) is 13.2 Å². The molecule has 0 unspecified atom stereocenters. The lowest BCUT2D eigenvalue weighted by Crippen LogP contribution is -2.31. The smallest absolute Gasteiger partial charge is 0.264 e. The minimum Gasteiger partial charge on any atom is -0.497 e. The van der Waals surface area contributed by atoms with E-state index in [-0.39, 0.29) is 22.0 Å². The summed E-state index contributed by atoms with van der Waals surface area (Å²) in [5, 5.41) is 7.05. The van der Waals surface area contributed by atoms with Crippen LogP contribution in [0, 0.1) is 0 Å². The zero-order chi connectivity index (χ0) is 23.8. The van der Waals surface area contributed by atoms with Crippen LogP contribution in [-0.2, 0) is 16.6 Å². The summed E-state index contributed by atoms with van der Waals surface area (Å²) < 4.78 is 34.9. The number of carbonyl (C=O) groups is 1. The van der Waals surface area contributed by atoms with Crippen LogP contribution in [0.15, 0.2) is 78.5 Å². The first-order chi connectivity index (χ1) is 15.9. The van der Waals surface area contributed by atoms with E-state index >= 15 is 0 Å². The highest BCUT2D eigenvalue weighted by Crippen LogP contribution is 2.28. The fourth-order valence-electron chi connectivity index (χ4n) is 3.15. The Labute approximate surface area is 198 Å². The summed E-state index contributed by atoms with van der Waals surface area (Å²) in [4.78, 5) is 12.6. The number of aryl methyl sites for hydroxylation is 1. The molecule has 0 bridgehead atoms. The molecule has 10 heteroatoms. The number of carbonyl (C=O) groups excluding carboxylic acids is 1. The predicted octanol–water partition coefficient (Wildman–Crippen LogP) is 3.75. The van der Waals surface area contributed by atoms with Gasteiger partial charge in [0.05, 0.1) is 34.8 Å². The normalized spacial score (nSPS) is 11.1. The Morgan fingerprint density at radius 2 is 2.03 bits per heavy atom. The van der Waals surface area contributed by atoms with E-state index in [0.717, 1.165) is 0 Å². The Morgan fingerprint density at radius 1 is 1.27 bits per heavy atom.